The number of ether oxygens (including phenoxy) is 1. The van der Waals surface area contributed by atoms with Crippen molar-refractivity contribution in [3.8, 4) is 5.75 Å². The molecule has 0 fully saturated rings. The number of nitrogen functional groups attached to an aromatic ring is 1. The minimum Gasteiger partial charge on any atom is -0.484 e. The summed E-state index contributed by atoms with van der Waals surface area (Å²) < 4.78 is 18.8. The van der Waals surface area contributed by atoms with E-state index in [1.54, 1.807) is 18.2 Å². The molecule has 2 rings (SSSR count). The molecule has 21 heavy (non-hydrogen) atoms. The number of carbonyl (C=O) groups excluding carboxylic acids is 1. The highest BCUT2D eigenvalue weighted by Gasteiger charge is 2.08. The van der Waals surface area contributed by atoms with Crippen LogP contribution in [0.1, 0.15) is 0 Å². The smallest absolute Gasteiger partial charge is 0.262 e. The number of nitrogens with one attached hydrogen (secondary N) is 1. The van der Waals surface area contributed by atoms with Gasteiger partial charge in [-0.3, -0.25) is 4.79 Å². The molecule has 0 spiro atoms. The number of anilines is 2. The summed E-state index contributed by atoms with van der Waals surface area (Å²) in [4.78, 5) is 11.7. The summed E-state index contributed by atoms with van der Waals surface area (Å²) >= 11 is 8.80. The molecule has 0 atom stereocenters. The lowest BCUT2D eigenvalue weighted by molar-refractivity contribution is -0.118. The van der Waals surface area contributed by atoms with Gasteiger partial charge in [-0.25, -0.2) is 4.39 Å². The number of hydrogen-bond acceptors (Lipinski definition) is 3. The Labute approximate surface area is 134 Å². The first kappa shape index (κ1) is 15.6. The molecule has 0 aliphatic rings. The largest absolute Gasteiger partial charge is 0.484 e. The second kappa shape index (κ2) is 6.78. The van der Waals surface area contributed by atoms with E-state index in [0.29, 0.717) is 20.9 Å². The average molecular weight is 374 g/mol. The fourth-order valence-electron chi connectivity index (χ4n) is 1.55. The van der Waals surface area contributed by atoms with Gasteiger partial charge in [0.25, 0.3) is 5.91 Å². The van der Waals surface area contributed by atoms with Crippen molar-refractivity contribution in [2.45, 2.75) is 0 Å². The van der Waals surface area contributed by atoms with Crippen molar-refractivity contribution in [3.05, 3.63) is 51.7 Å². The van der Waals surface area contributed by atoms with Crippen LogP contribution in [0.2, 0.25) is 5.02 Å². The van der Waals surface area contributed by atoms with Crippen molar-refractivity contribution in [3.63, 3.8) is 0 Å². The molecule has 0 saturated heterocycles. The monoisotopic (exact) mass is 372 g/mol. The lowest BCUT2D eigenvalue weighted by Crippen LogP contribution is -2.20. The summed E-state index contributed by atoms with van der Waals surface area (Å²) in [6, 6.07) is 8.97. The lowest BCUT2D eigenvalue weighted by Gasteiger charge is -2.10. The van der Waals surface area contributed by atoms with Crippen LogP contribution in [-0.4, -0.2) is 12.5 Å². The van der Waals surface area contributed by atoms with Gasteiger partial charge in [0.15, 0.2) is 6.61 Å². The summed E-state index contributed by atoms with van der Waals surface area (Å²) in [5, 5.41) is 3.06. The summed E-state index contributed by atoms with van der Waals surface area (Å²) in [6.07, 6.45) is 0. The fourth-order valence-corrected chi connectivity index (χ4v) is 1.98. The first-order chi connectivity index (χ1) is 9.95. The number of amides is 1. The Kier molecular flexibility index (Phi) is 5.03. The van der Waals surface area contributed by atoms with Gasteiger partial charge in [-0.05, 0) is 46.3 Å². The van der Waals surface area contributed by atoms with Crippen molar-refractivity contribution in [2.24, 2.45) is 0 Å². The van der Waals surface area contributed by atoms with Crippen molar-refractivity contribution in [1.82, 2.24) is 0 Å². The Bertz CT molecular complexity index is 682. The van der Waals surface area contributed by atoms with Gasteiger partial charge in [0, 0.05) is 11.1 Å². The van der Waals surface area contributed by atoms with Gasteiger partial charge >= 0.3 is 0 Å². The molecule has 0 heterocycles. The molecular formula is C14H11BrClFN2O2. The molecule has 0 aliphatic carbocycles. The summed E-state index contributed by atoms with van der Waals surface area (Å²) in [5.74, 6) is -0.614. The second-order valence-corrected chi connectivity index (χ2v) is 5.44. The predicted octanol–water partition coefficient (Wildman–Crippen LogP) is 3.84. The zero-order chi connectivity index (χ0) is 15.4. The van der Waals surface area contributed by atoms with E-state index < -0.39 is 11.7 Å². The van der Waals surface area contributed by atoms with E-state index in [1.807, 2.05) is 0 Å². The van der Waals surface area contributed by atoms with Crippen LogP contribution in [0.4, 0.5) is 15.8 Å². The number of carbonyl (C=O) groups is 1. The van der Waals surface area contributed by atoms with Crippen molar-refractivity contribution in [1.29, 1.82) is 0 Å². The number of benzene rings is 2. The number of rotatable bonds is 4. The minimum atomic E-state index is -0.463. The Morgan fingerprint density at radius 3 is 2.76 bits per heavy atom. The van der Waals surface area contributed by atoms with Crippen LogP contribution in [0.15, 0.2) is 40.9 Å². The molecule has 7 heteroatoms. The van der Waals surface area contributed by atoms with E-state index in [1.165, 1.54) is 18.2 Å². The van der Waals surface area contributed by atoms with E-state index in [0.717, 1.165) is 0 Å². The molecule has 3 N–H and O–H groups in total. The van der Waals surface area contributed by atoms with Crippen LogP contribution in [0.25, 0.3) is 0 Å². The Morgan fingerprint density at radius 1 is 1.33 bits per heavy atom. The Hall–Kier alpha value is -1.79. The van der Waals surface area contributed by atoms with Crippen LogP contribution in [0.3, 0.4) is 0 Å². The number of hydrogen-bond donors (Lipinski definition) is 2. The molecular weight excluding hydrogens is 363 g/mol. The van der Waals surface area contributed by atoms with Crippen LogP contribution in [-0.2, 0) is 4.79 Å². The first-order valence-electron chi connectivity index (χ1n) is 5.88. The fraction of sp³-hybridized carbons (Fsp3) is 0.0714. The van der Waals surface area contributed by atoms with Crippen LogP contribution in [0, 0.1) is 5.82 Å². The Morgan fingerprint density at radius 2 is 2.10 bits per heavy atom. The third kappa shape index (κ3) is 4.34. The highest BCUT2D eigenvalue weighted by atomic mass is 79.9. The van der Waals surface area contributed by atoms with Gasteiger partial charge in [0.1, 0.15) is 11.6 Å². The molecule has 0 bridgehead atoms. The van der Waals surface area contributed by atoms with Crippen LogP contribution in [0.5, 0.6) is 5.75 Å². The van der Waals surface area contributed by atoms with Gasteiger partial charge in [-0.2, -0.15) is 0 Å². The summed E-state index contributed by atoms with van der Waals surface area (Å²) in [5.41, 5.74) is 6.51. The SMILES string of the molecule is Nc1cc(Cl)ccc1NC(=O)COc1ccc(Br)c(F)c1. The molecule has 1 amide bonds. The average Bonchev–Trinajstić information content (AvgIpc) is 2.43. The van der Waals surface area contributed by atoms with Crippen LogP contribution >= 0.6 is 27.5 Å². The minimum absolute atomic E-state index is 0.259. The normalized spacial score (nSPS) is 10.2. The summed E-state index contributed by atoms with van der Waals surface area (Å²) in [6.45, 7) is -0.261. The zero-order valence-electron chi connectivity index (χ0n) is 10.7. The quantitative estimate of drug-likeness (QED) is 0.800. The van der Waals surface area contributed by atoms with E-state index >= 15 is 0 Å². The maximum Gasteiger partial charge on any atom is 0.262 e. The van der Waals surface area contributed by atoms with Crippen molar-refractivity contribution < 1.29 is 13.9 Å². The second-order valence-electron chi connectivity index (χ2n) is 4.14. The molecule has 2 aromatic carbocycles. The maximum absolute atomic E-state index is 13.3. The third-order valence-corrected chi connectivity index (χ3v) is 3.43. The first-order valence-corrected chi connectivity index (χ1v) is 7.05. The van der Waals surface area contributed by atoms with E-state index in [4.69, 9.17) is 22.1 Å². The van der Waals surface area contributed by atoms with E-state index in [2.05, 4.69) is 21.2 Å². The number of halogens is 3. The highest BCUT2D eigenvalue weighted by molar-refractivity contribution is 9.10. The van der Waals surface area contributed by atoms with Gasteiger partial charge in [-0.1, -0.05) is 11.6 Å². The molecule has 0 aromatic heterocycles. The molecule has 4 nitrogen and oxygen atoms in total. The van der Waals surface area contributed by atoms with Crippen molar-refractivity contribution in [2.75, 3.05) is 17.7 Å². The third-order valence-electron chi connectivity index (χ3n) is 2.55. The predicted molar refractivity (Wildman–Crippen MR) is 84.1 cm³/mol. The highest BCUT2D eigenvalue weighted by Crippen LogP contribution is 2.23. The Balaban J connectivity index is 1.94. The molecule has 110 valence electrons. The van der Waals surface area contributed by atoms with Crippen LogP contribution < -0.4 is 15.8 Å². The molecule has 0 saturated carbocycles. The van der Waals surface area contributed by atoms with E-state index in [9.17, 15) is 9.18 Å². The topological polar surface area (TPSA) is 64.3 Å². The molecule has 0 unspecified atom stereocenters. The molecule has 2 aromatic rings. The van der Waals surface area contributed by atoms with Crippen molar-refractivity contribution >= 4 is 44.8 Å². The van der Waals surface area contributed by atoms with E-state index in [-0.39, 0.29) is 12.4 Å². The standard InChI is InChI=1S/C14H11BrClFN2O2/c15-10-3-2-9(6-11(10)17)21-7-14(20)19-13-4-1-8(16)5-12(13)18/h1-6H,7,18H2,(H,19,20). The van der Waals surface area contributed by atoms with Gasteiger partial charge in [0.05, 0.1) is 15.8 Å². The molecule has 0 radical (unpaired) electrons. The van der Waals surface area contributed by atoms with Gasteiger partial charge in [-0.15, -0.1) is 0 Å². The lowest BCUT2D eigenvalue weighted by atomic mass is 10.2. The maximum atomic E-state index is 13.3. The van der Waals surface area contributed by atoms with Gasteiger partial charge < -0.3 is 15.8 Å². The summed E-state index contributed by atoms with van der Waals surface area (Å²) in [7, 11) is 0. The number of nitrogens with two attached hydrogens (primary N) is 1. The molecule has 0 aliphatic heterocycles. The zero-order valence-corrected chi connectivity index (χ0v) is 13.0. The van der Waals surface area contributed by atoms with Gasteiger partial charge in [0.2, 0.25) is 0 Å².